The minimum atomic E-state index is -0.574. The van der Waals surface area contributed by atoms with Crippen LogP contribution in [0.25, 0.3) is 11.2 Å². The summed E-state index contributed by atoms with van der Waals surface area (Å²) in [6.45, 7) is 6.49. The first kappa shape index (κ1) is 21.8. The molecule has 0 atom stereocenters. The summed E-state index contributed by atoms with van der Waals surface area (Å²) in [6.07, 6.45) is 1.78. The van der Waals surface area contributed by atoms with Crippen LogP contribution in [-0.2, 0) is 31.9 Å². The third-order valence-electron chi connectivity index (χ3n) is 4.77. The third kappa shape index (κ3) is 3.91. The van der Waals surface area contributed by atoms with Gasteiger partial charge in [0.15, 0.2) is 11.2 Å². The van der Waals surface area contributed by atoms with Crippen LogP contribution >= 0.6 is 11.6 Å². The monoisotopic (exact) mass is 436 g/mol. The highest BCUT2D eigenvalue weighted by Crippen LogP contribution is 2.21. The average molecular weight is 437 g/mol. The van der Waals surface area contributed by atoms with Crippen LogP contribution in [0.5, 0.6) is 0 Å². The van der Waals surface area contributed by atoms with Crippen LogP contribution in [0, 0.1) is 12.8 Å². The van der Waals surface area contributed by atoms with Crippen molar-refractivity contribution in [1.82, 2.24) is 28.5 Å². The van der Waals surface area contributed by atoms with Gasteiger partial charge in [-0.25, -0.2) is 14.6 Å². The van der Waals surface area contributed by atoms with E-state index in [0.29, 0.717) is 35.7 Å². The van der Waals surface area contributed by atoms with E-state index >= 15 is 0 Å². The first-order valence-electron chi connectivity index (χ1n) is 9.64. The summed E-state index contributed by atoms with van der Waals surface area (Å²) in [5.74, 6) is -0.252. The molecule has 0 fully saturated rings. The number of carbonyl (C=O) groups excluding carboxylic acids is 1. The number of esters is 1. The van der Waals surface area contributed by atoms with Crippen molar-refractivity contribution in [1.29, 1.82) is 0 Å². The molecule has 3 rings (SSSR count). The molecule has 30 heavy (non-hydrogen) atoms. The van der Waals surface area contributed by atoms with E-state index in [1.807, 2.05) is 13.8 Å². The number of imidazole rings is 1. The molecule has 0 aliphatic carbocycles. The molecule has 3 heterocycles. The van der Waals surface area contributed by atoms with Crippen molar-refractivity contribution in [2.75, 3.05) is 6.61 Å². The second kappa shape index (κ2) is 8.47. The zero-order valence-electron chi connectivity index (χ0n) is 17.7. The number of hydrogen-bond acceptors (Lipinski definition) is 6. The number of hydrogen-bond donors (Lipinski definition) is 0. The van der Waals surface area contributed by atoms with Crippen molar-refractivity contribution in [2.45, 2.75) is 40.3 Å². The number of halogens is 1. The van der Waals surface area contributed by atoms with Crippen molar-refractivity contribution in [2.24, 2.45) is 20.0 Å². The molecule has 10 nitrogen and oxygen atoms in total. The Kier molecular flexibility index (Phi) is 6.16. The predicted octanol–water partition coefficient (Wildman–Crippen LogP) is 1.50. The Morgan fingerprint density at radius 3 is 2.63 bits per heavy atom. The van der Waals surface area contributed by atoms with Crippen LogP contribution < -0.4 is 11.2 Å². The van der Waals surface area contributed by atoms with E-state index < -0.39 is 17.2 Å². The van der Waals surface area contributed by atoms with Gasteiger partial charge in [-0.05, 0) is 19.3 Å². The number of ether oxygens (including phenoxy) is 1. The Labute approximate surface area is 177 Å². The van der Waals surface area contributed by atoms with E-state index in [0.717, 1.165) is 4.57 Å². The van der Waals surface area contributed by atoms with Gasteiger partial charge in [-0.15, -0.1) is 0 Å². The lowest BCUT2D eigenvalue weighted by molar-refractivity contribution is 0.0494. The maximum absolute atomic E-state index is 12.7. The van der Waals surface area contributed by atoms with Crippen LogP contribution in [0.1, 0.15) is 36.3 Å². The van der Waals surface area contributed by atoms with E-state index in [1.165, 1.54) is 10.9 Å². The number of aryl methyl sites for hydroxylation is 3. The van der Waals surface area contributed by atoms with Gasteiger partial charge in [0.25, 0.3) is 5.56 Å². The molecule has 0 bridgehead atoms. The van der Waals surface area contributed by atoms with Gasteiger partial charge in [0.2, 0.25) is 0 Å². The molecule has 0 amide bonds. The zero-order valence-corrected chi connectivity index (χ0v) is 18.4. The van der Waals surface area contributed by atoms with Crippen LogP contribution in [0.3, 0.4) is 0 Å². The highest BCUT2D eigenvalue weighted by Gasteiger charge is 2.22. The Morgan fingerprint density at radius 1 is 1.27 bits per heavy atom. The lowest BCUT2D eigenvalue weighted by atomic mass is 10.2. The van der Waals surface area contributed by atoms with Gasteiger partial charge in [-0.3, -0.25) is 18.6 Å². The van der Waals surface area contributed by atoms with Gasteiger partial charge >= 0.3 is 11.7 Å². The van der Waals surface area contributed by atoms with E-state index in [2.05, 4.69) is 10.1 Å². The molecular weight excluding hydrogens is 412 g/mol. The largest absolute Gasteiger partial charge is 0.462 e. The molecule has 0 saturated carbocycles. The molecule has 0 aliphatic heterocycles. The fraction of sp³-hybridized carbons (Fsp3) is 0.526. The SMILES string of the molecule is Cc1nn(CC(C)C)c(Cl)c1C(=O)OCCCn1c(=O)c2c(ncn2C)n(C)c1=O. The molecule has 0 N–H and O–H groups in total. The topological polar surface area (TPSA) is 106 Å². The molecule has 0 spiro atoms. The van der Waals surface area contributed by atoms with Crippen LogP contribution in [0.15, 0.2) is 15.9 Å². The standard InChI is InChI=1S/C19H25ClN6O4/c1-11(2)9-26-15(20)13(12(3)22-26)18(28)30-8-6-7-25-17(27)14-16(21-10-23(14)4)24(5)19(25)29/h10-11H,6-9H2,1-5H3. The minimum absolute atomic E-state index is 0.0307. The Hall–Kier alpha value is -2.88. The summed E-state index contributed by atoms with van der Waals surface area (Å²) in [6, 6.07) is 0. The quantitative estimate of drug-likeness (QED) is 0.410. The third-order valence-corrected chi connectivity index (χ3v) is 5.15. The molecule has 162 valence electrons. The number of rotatable bonds is 7. The van der Waals surface area contributed by atoms with Crippen molar-refractivity contribution in [3.05, 3.63) is 43.6 Å². The van der Waals surface area contributed by atoms with E-state index in [4.69, 9.17) is 16.3 Å². The molecule has 0 saturated heterocycles. The average Bonchev–Trinajstić information content (AvgIpc) is 3.18. The fourth-order valence-corrected chi connectivity index (χ4v) is 3.63. The number of carbonyl (C=O) groups is 1. The number of nitrogens with zero attached hydrogens (tertiary/aromatic N) is 6. The van der Waals surface area contributed by atoms with Gasteiger partial charge in [-0.1, -0.05) is 25.4 Å². The summed E-state index contributed by atoms with van der Waals surface area (Å²) in [4.78, 5) is 41.7. The smallest absolute Gasteiger partial charge is 0.343 e. The van der Waals surface area contributed by atoms with Gasteiger partial charge in [0.05, 0.1) is 18.6 Å². The normalized spacial score (nSPS) is 11.6. The predicted molar refractivity (Wildman–Crippen MR) is 112 cm³/mol. The van der Waals surface area contributed by atoms with E-state index in [9.17, 15) is 14.4 Å². The lowest BCUT2D eigenvalue weighted by Gasteiger charge is -2.09. The molecule has 0 unspecified atom stereocenters. The zero-order chi connectivity index (χ0) is 22.2. The lowest BCUT2D eigenvalue weighted by Crippen LogP contribution is -2.39. The molecule has 0 radical (unpaired) electrons. The molecule has 3 aromatic heterocycles. The summed E-state index contributed by atoms with van der Waals surface area (Å²) < 4.78 is 10.9. The van der Waals surface area contributed by atoms with Crippen LogP contribution in [0.2, 0.25) is 5.15 Å². The summed E-state index contributed by atoms with van der Waals surface area (Å²) in [5, 5.41) is 4.55. The second-order valence-electron chi connectivity index (χ2n) is 7.64. The summed E-state index contributed by atoms with van der Waals surface area (Å²) in [5.41, 5.74) is 0.520. The van der Waals surface area contributed by atoms with Crippen molar-refractivity contribution < 1.29 is 9.53 Å². The van der Waals surface area contributed by atoms with Gasteiger partial charge in [-0.2, -0.15) is 5.10 Å². The molecular formula is C19H25ClN6O4. The number of fused-ring (bicyclic) bond motifs is 1. The van der Waals surface area contributed by atoms with Crippen molar-refractivity contribution in [3.63, 3.8) is 0 Å². The van der Waals surface area contributed by atoms with E-state index in [1.54, 1.807) is 30.3 Å². The number of aromatic nitrogens is 6. The highest BCUT2D eigenvalue weighted by atomic mass is 35.5. The van der Waals surface area contributed by atoms with Gasteiger partial charge in [0.1, 0.15) is 10.7 Å². The maximum Gasteiger partial charge on any atom is 0.343 e. The van der Waals surface area contributed by atoms with Crippen molar-refractivity contribution >= 4 is 28.7 Å². The first-order chi connectivity index (χ1) is 14.1. The molecule has 0 aliphatic rings. The Bertz CT molecular complexity index is 1220. The second-order valence-corrected chi connectivity index (χ2v) is 8.00. The molecule has 11 heteroatoms. The summed E-state index contributed by atoms with van der Waals surface area (Å²) >= 11 is 6.30. The Balaban J connectivity index is 1.70. The Morgan fingerprint density at radius 2 is 1.97 bits per heavy atom. The molecule has 0 aromatic carbocycles. The van der Waals surface area contributed by atoms with Gasteiger partial charge in [0, 0.05) is 27.2 Å². The van der Waals surface area contributed by atoms with Crippen LogP contribution in [-0.4, -0.2) is 41.0 Å². The maximum atomic E-state index is 12.7. The molecule has 3 aromatic rings. The highest BCUT2D eigenvalue weighted by molar-refractivity contribution is 6.32. The van der Waals surface area contributed by atoms with Crippen molar-refractivity contribution in [3.8, 4) is 0 Å². The minimum Gasteiger partial charge on any atom is -0.462 e. The van der Waals surface area contributed by atoms with Crippen LogP contribution in [0.4, 0.5) is 0 Å². The van der Waals surface area contributed by atoms with E-state index in [-0.39, 0.29) is 23.9 Å². The fourth-order valence-electron chi connectivity index (χ4n) is 3.31. The van der Waals surface area contributed by atoms with Gasteiger partial charge < -0.3 is 9.30 Å². The first-order valence-corrected chi connectivity index (χ1v) is 10.0. The summed E-state index contributed by atoms with van der Waals surface area (Å²) in [7, 11) is 3.26.